The van der Waals surface area contributed by atoms with Crippen molar-refractivity contribution in [2.24, 2.45) is 7.05 Å². The lowest BCUT2D eigenvalue weighted by Crippen LogP contribution is -2.44. The van der Waals surface area contributed by atoms with E-state index in [0.717, 1.165) is 33.7 Å². The van der Waals surface area contributed by atoms with Crippen LogP contribution in [0, 0.1) is 18.3 Å². The predicted molar refractivity (Wildman–Crippen MR) is 289 cm³/mol. The van der Waals surface area contributed by atoms with Crippen LogP contribution in [-0.4, -0.2) is 88.3 Å². The van der Waals surface area contributed by atoms with Gasteiger partial charge in [0.2, 0.25) is 10.0 Å². The first-order valence-electron chi connectivity index (χ1n) is 24.8. The van der Waals surface area contributed by atoms with Gasteiger partial charge in [-0.05, 0) is 153 Å². The van der Waals surface area contributed by atoms with Gasteiger partial charge in [-0.25, -0.2) is 13.1 Å². The Hall–Kier alpha value is -8.06. The van der Waals surface area contributed by atoms with Crippen molar-refractivity contribution in [3.8, 4) is 40.2 Å². The summed E-state index contributed by atoms with van der Waals surface area (Å²) in [5, 5.41) is 27.6. The number of carbonyl (C=O) groups excluding carboxylic acids is 1. The second-order valence-corrected chi connectivity index (χ2v) is 21.9. The number of rotatable bonds is 17. The molecule has 2 aliphatic heterocycles. The summed E-state index contributed by atoms with van der Waals surface area (Å²) < 4.78 is 97.0. The van der Waals surface area contributed by atoms with Gasteiger partial charge >= 0.3 is 12.1 Å². The third-order valence-electron chi connectivity index (χ3n) is 13.9. The maximum Gasteiger partial charge on any atom is 0.417 e. The van der Waals surface area contributed by atoms with Gasteiger partial charge in [0.25, 0.3) is 5.91 Å². The number of carboxylic acid groups (broad SMARTS) is 1. The number of aryl methyl sites for hydroxylation is 2. The molecule has 0 saturated carbocycles. The predicted octanol–water partition coefficient (Wildman–Crippen LogP) is 10.6. The number of amides is 1. The third kappa shape index (κ3) is 10.9. The number of halogens is 3. The smallest absolute Gasteiger partial charge is 0.417 e. The Bertz CT molecular complexity index is 3620. The fourth-order valence-corrected chi connectivity index (χ4v) is 11.9. The van der Waals surface area contributed by atoms with Gasteiger partial charge in [-0.1, -0.05) is 47.7 Å². The summed E-state index contributed by atoms with van der Waals surface area (Å²) in [7, 11) is -0.790. The molecule has 1 saturated heterocycles. The molecule has 0 bridgehead atoms. The van der Waals surface area contributed by atoms with E-state index in [1.807, 2.05) is 61.5 Å². The van der Waals surface area contributed by atoms with Gasteiger partial charge in [0.15, 0.2) is 5.11 Å². The topological polar surface area (TPSA) is 190 Å². The van der Waals surface area contributed by atoms with Crippen molar-refractivity contribution >= 4 is 61.6 Å². The summed E-state index contributed by atoms with van der Waals surface area (Å²) in [6.45, 7) is 7.81. The van der Waals surface area contributed by atoms with E-state index in [4.69, 9.17) is 31.2 Å². The molecule has 0 aliphatic carbocycles. The second-order valence-electron chi connectivity index (χ2n) is 19.6. The highest BCUT2D eigenvalue weighted by Crippen LogP contribution is 2.42. The second kappa shape index (κ2) is 21.8. The molecule has 6 aromatic carbocycles. The minimum atomic E-state index is -4.81. The van der Waals surface area contributed by atoms with Crippen molar-refractivity contribution < 1.29 is 55.2 Å². The summed E-state index contributed by atoms with van der Waals surface area (Å²) in [4.78, 5) is 28.6. The molecule has 404 valence electrons. The quantitative estimate of drug-likeness (QED) is 0.0669. The number of hydrogen-bond donors (Lipinski definition) is 1. The molecule has 78 heavy (non-hydrogen) atoms. The monoisotopic (exact) mass is 1100 g/mol. The van der Waals surface area contributed by atoms with Crippen LogP contribution in [0.15, 0.2) is 120 Å². The number of sulfonamides is 1. The number of ether oxygens (including phenoxy) is 4. The van der Waals surface area contributed by atoms with E-state index in [1.54, 1.807) is 79.9 Å². The van der Waals surface area contributed by atoms with Crippen molar-refractivity contribution in [3.63, 3.8) is 0 Å². The largest absolute Gasteiger partial charge is 0.494 e. The fourth-order valence-electron chi connectivity index (χ4n) is 9.80. The van der Waals surface area contributed by atoms with E-state index in [9.17, 15) is 41.5 Å². The number of methoxy groups -OCH3 is 1. The zero-order valence-electron chi connectivity index (χ0n) is 43.4. The van der Waals surface area contributed by atoms with Crippen LogP contribution in [0.25, 0.3) is 22.2 Å². The molecule has 1 fully saturated rings. The number of carbonyl (C=O) groups is 2. The summed E-state index contributed by atoms with van der Waals surface area (Å²) in [5.41, 5.74) is 3.43. The number of benzene rings is 6. The Morgan fingerprint density at radius 3 is 2.22 bits per heavy atom. The van der Waals surface area contributed by atoms with Crippen LogP contribution >= 0.6 is 12.2 Å². The van der Waals surface area contributed by atoms with Crippen molar-refractivity contribution in [2.75, 3.05) is 36.7 Å². The number of aliphatic carboxylic acids is 1. The first-order valence-corrected chi connectivity index (χ1v) is 26.7. The summed E-state index contributed by atoms with van der Waals surface area (Å²) in [5.74, 6) is -0.327. The van der Waals surface area contributed by atoms with Crippen LogP contribution in [0.1, 0.15) is 79.3 Å². The minimum Gasteiger partial charge on any atom is -0.494 e. The third-order valence-corrected chi connectivity index (χ3v) is 16.1. The lowest BCUT2D eigenvalue weighted by atomic mass is 9.86. The standard InChI is InChI=1S/C57H54F3N7O9S2/c1-34-9-10-38(46(30-52(68)69)40-26-48-53(50(27-40)73-6)64(5)63-62-48)25-41(34)33-65-32-35(2)76-49-29-45(21-22-51(49)78(65,71)72)75-24-8-7-23-74-44-19-14-37(15-20-44)36-11-16-42(17-12-36)67-55(77)66(54(70)56(67,3)4)43-18-13-39(31-61)47(28-43)57(58,59)60/h9-22,25-29,35,46H,7-8,23-24,30,32-33H2,1-6H3,(H,68,69)/t35-,46?/m1/s1. The number of nitriles is 1. The molecule has 0 radical (unpaired) electrons. The van der Waals surface area contributed by atoms with Gasteiger partial charge in [-0.3, -0.25) is 14.5 Å². The Balaban J connectivity index is 0.784. The molecule has 1 N–H and O–H groups in total. The molecule has 16 nitrogen and oxygen atoms in total. The number of hydrogen-bond acceptors (Lipinski definition) is 12. The van der Waals surface area contributed by atoms with Crippen LogP contribution in [0.5, 0.6) is 23.0 Å². The molecule has 0 spiro atoms. The molecular weight excluding hydrogens is 1050 g/mol. The van der Waals surface area contributed by atoms with E-state index in [1.165, 1.54) is 23.5 Å². The van der Waals surface area contributed by atoms with Crippen molar-refractivity contribution in [1.29, 1.82) is 5.26 Å². The summed E-state index contributed by atoms with van der Waals surface area (Å²) in [6, 6.07) is 33.4. The number of nitrogens with zero attached hydrogens (tertiary/aromatic N) is 7. The SMILES string of the molecule is COc1cc(C(CC(=O)O)c2ccc(C)c(CN3C[C@@H](C)Oc4cc(OCCCCOc5ccc(-c6ccc(N7C(=S)N(c8ccc(C#N)c(C(F)(F)F)c8)C(=O)C7(C)C)cc6)cc5)ccc4S3(=O)=O)c2)cc2nnn(C)c12. The molecule has 1 unspecified atom stereocenters. The number of aromatic nitrogens is 3. The number of fused-ring (bicyclic) bond motifs is 2. The van der Waals surface area contributed by atoms with Gasteiger partial charge in [-0.15, -0.1) is 5.10 Å². The zero-order chi connectivity index (χ0) is 55.8. The summed E-state index contributed by atoms with van der Waals surface area (Å²) in [6.07, 6.45) is -4.25. The van der Waals surface area contributed by atoms with Gasteiger partial charge in [0.05, 0.1) is 56.2 Å². The lowest BCUT2D eigenvalue weighted by molar-refractivity contribution is -0.138. The van der Waals surface area contributed by atoms with Crippen LogP contribution in [0.4, 0.5) is 24.5 Å². The molecule has 2 atom stereocenters. The molecule has 1 amide bonds. The van der Waals surface area contributed by atoms with E-state index in [-0.39, 0.29) is 41.0 Å². The molecular formula is C57H54F3N7O9S2. The number of unbranched alkanes of at least 4 members (excludes halogenated alkanes) is 1. The Labute approximate surface area is 454 Å². The van der Waals surface area contributed by atoms with Gasteiger partial charge in [-0.2, -0.15) is 22.7 Å². The maximum atomic E-state index is 14.3. The zero-order valence-corrected chi connectivity index (χ0v) is 45.0. The Kier molecular flexibility index (Phi) is 15.3. The van der Waals surface area contributed by atoms with Crippen LogP contribution in [-0.2, 0) is 39.4 Å². The van der Waals surface area contributed by atoms with E-state index >= 15 is 0 Å². The number of alkyl halides is 3. The van der Waals surface area contributed by atoms with Gasteiger partial charge in [0.1, 0.15) is 50.6 Å². The molecule has 2 aliphatic rings. The number of anilines is 2. The van der Waals surface area contributed by atoms with Gasteiger partial charge in [0, 0.05) is 31.3 Å². The first kappa shape index (κ1) is 54.7. The minimum absolute atomic E-state index is 0.00358. The van der Waals surface area contributed by atoms with Crippen LogP contribution in [0.2, 0.25) is 0 Å². The Morgan fingerprint density at radius 1 is 0.910 bits per heavy atom. The van der Waals surface area contributed by atoms with Crippen molar-refractivity contribution in [1.82, 2.24) is 19.3 Å². The highest BCUT2D eigenvalue weighted by Gasteiger charge is 2.51. The molecule has 3 heterocycles. The average molecular weight is 1100 g/mol. The van der Waals surface area contributed by atoms with Crippen molar-refractivity contribution in [2.45, 2.75) is 82.1 Å². The highest BCUT2D eigenvalue weighted by molar-refractivity contribution is 7.89. The number of thiocarbonyl (C=S) groups is 1. The molecule has 21 heteroatoms. The van der Waals surface area contributed by atoms with Crippen LogP contribution < -0.4 is 28.7 Å². The van der Waals surface area contributed by atoms with Gasteiger partial charge < -0.3 is 29.0 Å². The first-order chi connectivity index (χ1) is 37.1. The van der Waals surface area contributed by atoms with E-state index in [2.05, 4.69) is 10.3 Å². The van der Waals surface area contributed by atoms with E-state index in [0.29, 0.717) is 76.7 Å². The fraction of sp³-hybridized carbons (Fsp3) is 0.298. The maximum absolute atomic E-state index is 14.3. The normalized spacial score (nSPS) is 16.5. The Morgan fingerprint density at radius 2 is 1.56 bits per heavy atom. The lowest BCUT2D eigenvalue weighted by Gasteiger charge is -2.29. The van der Waals surface area contributed by atoms with Crippen LogP contribution in [0.3, 0.4) is 0 Å². The number of carboxylic acids is 1. The molecule has 7 aromatic rings. The van der Waals surface area contributed by atoms with Crippen molar-refractivity contribution in [3.05, 3.63) is 149 Å². The molecule has 1 aromatic heterocycles. The highest BCUT2D eigenvalue weighted by atomic mass is 32.2. The average Bonchev–Trinajstić information content (AvgIpc) is 3.84. The molecule has 9 rings (SSSR count). The van der Waals surface area contributed by atoms with E-state index < -0.39 is 56.8 Å². The summed E-state index contributed by atoms with van der Waals surface area (Å²) >= 11 is 5.69.